The number of aryl methyl sites for hydroxylation is 2. The second kappa shape index (κ2) is 9.06. The van der Waals surface area contributed by atoms with Crippen molar-refractivity contribution in [1.29, 1.82) is 0 Å². The molecule has 28 heavy (non-hydrogen) atoms. The molecule has 1 amide bonds. The maximum Gasteiger partial charge on any atom is 0.244 e. The minimum atomic E-state index is -0.152. The first kappa shape index (κ1) is 20.1. The molecule has 6 nitrogen and oxygen atoms in total. The fourth-order valence-electron chi connectivity index (χ4n) is 3.59. The van der Waals surface area contributed by atoms with Crippen molar-refractivity contribution in [3.8, 4) is 5.75 Å². The number of rotatable bonds is 6. The zero-order valence-corrected chi connectivity index (χ0v) is 17.0. The molecule has 0 bridgehead atoms. The van der Waals surface area contributed by atoms with Gasteiger partial charge in [-0.2, -0.15) is 0 Å². The average molecular weight is 383 g/mol. The number of nitrogens with one attached hydrogen (secondary N) is 1. The Morgan fingerprint density at radius 1 is 1.14 bits per heavy atom. The number of nitrogens with zero attached hydrogens (tertiary/aromatic N) is 2. The smallest absolute Gasteiger partial charge is 0.244 e. The summed E-state index contributed by atoms with van der Waals surface area (Å²) in [6.45, 7) is 6.81. The summed E-state index contributed by atoms with van der Waals surface area (Å²) in [6, 6.07) is 7.58. The summed E-state index contributed by atoms with van der Waals surface area (Å²) in [6.07, 6.45) is 5.25. The van der Waals surface area contributed by atoms with Gasteiger partial charge >= 0.3 is 0 Å². The molecule has 150 valence electrons. The summed E-state index contributed by atoms with van der Waals surface area (Å²) in [5, 5.41) is 2.99. The van der Waals surface area contributed by atoms with Crippen LogP contribution in [0.15, 0.2) is 35.3 Å². The number of anilines is 1. The number of carbonyl (C=O) groups excluding carboxylic acids is 1. The van der Waals surface area contributed by atoms with Crippen LogP contribution in [0.4, 0.5) is 5.69 Å². The zero-order chi connectivity index (χ0) is 20.1. The zero-order valence-electron chi connectivity index (χ0n) is 17.0. The number of amides is 1. The molecule has 1 saturated heterocycles. The van der Waals surface area contributed by atoms with Crippen LogP contribution in [0.1, 0.15) is 36.1 Å². The van der Waals surface area contributed by atoms with Gasteiger partial charge in [-0.3, -0.25) is 14.5 Å². The Balaban J connectivity index is 1.81. The highest BCUT2D eigenvalue weighted by Crippen LogP contribution is 2.18. The van der Waals surface area contributed by atoms with E-state index in [0.717, 1.165) is 35.6 Å². The van der Waals surface area contributed by atoms with E-state index < -0.39 is 0 Å². The molecule has 0 aliphatic carbocycles. The first-order valence-corrected chi connectivity index (χ1v) is 9.83. The molecule has 3 rings (SSSR count). The highest BCUT2D eigenvalue weighted by Gasteiger charge is 2.16. The third-order valence-corrected chi connectivity index (χ3v) is 5.22. The van der Waals surface area contributed by atoms with Crippen LogP contribution in [0.25, 0.3) is 0 Å². The lowest BCUT2D eigenvalue weighted by Crippen LogP contribution is -2.32. The molecule has 0 saturated carbocycles. The Hall–Kier alpha value is -2.60. The number of piperidine rings is 1. The van der Waals surface area contributed by atoms with Crippen molar-refractivity contribution >= 4 is 11.6 Å². The Morgan fingerprint density at radius 3 is 2.61 bits per heavy atom. The van der Waals surface area contributed by atoms with Crippen LogP contribution in [-0.2, 0) is 17.9 Å². The SMILES string of the molecule is COc1cn(CC(=O)Nc2cc(C)ccc2C)c(CN2CCCCC2)cc1=O. The van der Waals surface area contributed by atoms with E-state index in [4.69, 9.17) is 4.74 Å². The molecule has 0 atom stereocenters. The van der Waals surface area contributed by atoms with E-state index in [-0.39, 0.29) is 23.6 Å². The van der Waals surface area contributed by atoms with Gasteiger partial charge in [-0.15, -0.1) is 0 Å². The summed E-state index contributed by atoms with van der Waals surface area (Å²) < 4.78 is 7.02. The van der Waals surface area contributed by atoms with E-state index in [1.165, 1.54) is 26.4 Å². The van der Waals surface area contributed by atoms with Crippen LogP contribution in [0.3, 0.4) is 0 Å². The Morgan fingerprint density at radius 2 is 1.89 bits per heavy atom. The highest BCUT2D eigenvalue weighted by molar-refractivity contribution is 5.91. The van der Waals surface area contributed by atoms with Gasteiger partial charge in [-0.25, -0.2) is 0 Å². The summed E-state index contributed by atoms with van der Waals surface area (Å²) in [7, 11) is 1.47. The van der Waals surface area contributed by atoms with E-state index in [1.807, 2.05) is 36.6 Å². The van der Waals surface area contributed by atoms with E-state index >= 15 is 0 Å². The minimum Gasteiger partial charge on any atom is -0.491 e. The first-order valence-electron chi connectivity index (χ1n) is 9.83. The topological polar surface area (TPSA) is 63.6 Å². The minimum absolute atomic E-state index is 0.126. The molecule has 0 radical (unpaired) electrons. The second-order valence-corrected chi connectivity index (χ2v) is 7.53. The van der Waals surface area contributed by atoms with Crippen LogP contribution in [-0.4, -0.2) is 35.6 Å². The molecule has 0 unspecified atom stereocenters. The van der Waals surface area contributed by atoms with Crippen molar-refractivity contribution in [2.24, 2.45) is 0 Å². The van der Waals surface area contributed by atoms with Crippen LogP contribution in [0.2, 0.25) is 0 Å². The summed E-state index contributed by atoms with van der Waals surface area (Å²) in [5.41, 5.74) is 3.61. The number of pyridine rings is 1. The van der Waals surface area contributed by atoms with Crippen LogP contribution in [0, 0.1) is 13.8 Å². The predicted molar refractivity (Wildman–Crippen MR) is 111 cm³/mol. The van der Waals surface area contributed by atoms with Gasteiger partial charge in [0, 0.05) is 24.0 Å². The van der Waals surface area contributed by atoms with Gasteiger partial charge in [0.05, 0.1) is 13.3 Å². The Bertz CT molecular complexity index is 898. The van der Waals surface area contributed by atoms with Crippen LogP contribution in [0.5, 0.6) is 5.75 Å². The number of likely N-dealkylation sites (tertiary alicyclic amines) is 1. The molecule has 1 aromatic carbocycles. The lowest BCUT2D eigenvalue weighted by atomic mass is 10.1. The maximum atomic E-state index is 12.7. The number of aromatic nitrogens is 1. The molecule has 1 N–H and O–H groups in total. The van der Waals surface area contributed by atoms with Crippen molar-refractivity contribution in [3.63, 3.8) is 0 Å². The summed E-state index contributed by atoms with van der Waals surface area (Å²) >= 11 is 0. The maximum absolute atomic E-state index is 12.7. The fraction of sp³-hybridized carbons (Fsp3) is 0.455. The normalized spacial score (nSPS) is 14.7. The highest BCUT2D eigenvalue weighted by atomic mass is 16.5. The van der Waals surface area contributed by atoms with Gasteiger partial charge in [0.25, 0.3) is 0 Å². The number of carbonyl (C=O) groups is 1. The van der Waals surface area contributed by atoms with Crippen LogP contribution >= 0.6 is 0 Å². The number of ether oxygens (including phenoxy) is 1. The van der Waals surface area contributed by atoms with Crippen molar-refractivity contribution in [2.75, 3.05) is 25.5 Å². The lowest BCUT2D eigenvalue weighted by Gasteiger charge is -2.27. The van der Waals surface area contributed by atoms with Gasteiger partial charge in [-0.05, 0) is 57.0 Å². The third kappa shape index (κ3) is 5.01. The summed E-state index contributed by atoms with van der Waals surface area (Å²) in [4.78, 5) is 27.3. The van der Waals surface area contributed by atoms with E-state index in [0.29, 0.717) is 6.54 Å². The monoisotopic (exact) mass is 383 g/mol. The number of benzene rings is 1. The molecular weight excluding hydrogens is 354 g/mol. The largest absolute Gasteiger partial charge is 0.491 e. The molecule has 2 heterocycles. The molecular formula is C22H29N3O3. The van der Waals surface area contributed by atoms with Gasteiger partial charge < -0.3 is 14.6 Å². The third-order valence-electron chi connectivity index (χ3n) is 5.22. The van der Waals surface area contributed by atoms with Gasteiger partial charge in [0.1, 0.15) is 6.54 Å². The molecule has 1 aromatic heterocycles. The van der Waals surface area contributed by atoms with Gasteiger partial charge in [0.2, 0.25) is 11.3 Å². The molecule has 1 aliphatic heterocycles. The lowest BCUT2D eigenvalue weighted by molar-refractivity contribution is -0.116. The van der Waals surface area contributed by atoms with E-state index in [2.05, 4.69) is 10.2 Å². The second-order valence-electron chi connectivity index (χ2n) is 7.53. The van der Waals surface area contributed by atoms with E-state index in [9.17, 15) is 9.59 Å². The van der Waals surface area contributed by atoms with Crippen molar-refractivity contribution in [2.45, 2.75) is 46.2 Å². The summed E-state index contributed by atoms with van der Waals surface area (Å²) in [5.74, 6) is 0.126. The Labute approximate surface area is 166 Å². The predicted octanol–water partition coefficient (Wildman–Crippen LogP) is 3.10. The first-order chi connectivity index (χ1) is 13.5. The number of methoxy groups -OCH3 is 1. The average Bonchev–Trinajstić information content (AvgIpc) is 2.67. The fourth-order valence-corrected chi connectivity index (χ4v) is 3.59. The number of hydrogen-bond acceptors (Lipinski definition) is 4. The molecule has 6 heteroatoms. The molecule has 0 spiro atoms. The van der Waals surface area contributed by atoms with Gasteiger partial charge in [-0.1, -0.05) is 18.6 Å². The van der Waals surface area contributed by atoms with Crippen molar-refractivity contribution in [3.05, 3.63) is 57.5 Å². The standard InChI is InChI=1S/C22H29N3O3/c1-16-7-8-17(2)19(11-16)23-22(27)15-25-14-21(28-3)20(26)12-18(25)13-24-9-5-4-6-10-24/h7-8,11-12,14H,4-6,9-10,13,15H2,1-3H3,(H,23,27). The van der Waals surface area contributed by atoms with E-state index in [1.54, 1.807) is 12.3 Å². The molecule has 2 aromatic rings. The molecule has 1 fully saturated rings. The number of hydrogen-bond donors (Lipinski definition) is 1. The van der Waals surface area contributed by atoms with Crippen molar-refractivity contribution < 1.29 is 9.53 Å². The van der Waals surface area contributed by atoms with Crippen LogP contribution < -0.4 is 15.5 Å². The van der Waals surface area contributed by atoms with Crippen molar-refractivity contribution in [1.82, 2.24) is 9.47 Å². The van der Waals surface area contributed by atoms with Gasteiger partial charge in [0.15, 0.2) is 5.75 Å². The quantitative estimate of drug-likeness (QED) is 0.833. The molecule has 1 aliphatic rings. The Kier molecular flexibility index (Phi) is 6.52.